The highest BCUT2D eigenvalue weighted by atomic mass is 32.2. The molecule has 6 nitrogen and oxygen atoms in total. The summed E-state index contributed by atoms with van der Waals surface area (Å²) < 4.78 is 55.1. The molecule has 1 amide bonds. The number of halogens is 3. The first-order valence-corrected chi connectivity index (χ1v) is 10.1. The van der Waals surface area contributed by atoms with E-state index in [2.05, 4.69) is 0 Å². The molecule has 2 aliphatic heterocycles. The normalized spacial score (nSPS) is 17.0. The van der Waals surface area contributed by atoms with Crippen molar-refractivity contribution in [2.45, 2.75) is 6.18 Å². The maximum atomic E-state index is 13.0. The first kappa shape index (κ1) is 20.3. The molecular weight excluding hydrogens is 445 g/mol. The van der Waals surface area contributed by atoms with E-state index < -0.39 is 17.6 Å². The van der Waals surface area contributed by atoms with Crippen molar-refractivity contribution in [2.75, 3.05) is 11.7 Å². The summed E-state index contributed by atoms with van der Waals surface area (Å²) in [6, 6.07) is 12.8. The maximum Gasteiger partial charge on any atom is 0.416 e. The zero-order chi connectivity index (χ0) is 22.5. The van der Waals surface area contributed by atoms with Gasteiger partial charge in [-0.15, -0.1) is 0 Å². The largest absolute Gasteiger partial charge is 0.457 e. The van der Waals surface area contributed by atoms with Crippen molar-refractivity contribution in [1.82, 2.24) is 0 Å². The molecule has 5 rings (SSSR count). The van der Waals surface area contributed by atoms with Crippen LogP contribution < -0.4 is 14.4 Å². The van der Waals surface area contributed by atoms with Gasteiger partial charge in [0.05, 0.1) is 16.2 Å². The number of fused-ring (bicyclic) bond motifs is 1. The van der Waals surface area contributed by atoms with Gasteiger partial charge in [-0.25, -0.2) is 0 Å². The van der Waals surface area contributed by atoms with E-state index in [4.69, 9.17) is 19.3 Å². The lowest BCUT2D eigenvalue weighted by Gasteiger charge is -2.14. The van der Waals surface area contributed by atoms with Crippen molar-refractivity contribution in [2.24, 2.45) is 0 Å². The van der Waals surface area contributed by atoms with Crippen LogP contribution in [0.4, 0.5) is 18.9 Å². The van der Waals surface area contributed by atoms with Crippen LogP contribution in [0, 0.1) is 5.41 Å². The summed E-state index contributed by atoms with van der Waals surface area (Å²) in [7, 11) is 0. The number of amidine groups is 1. The number of anilines is 1. The van der Waals surface area contributed by atoms with E-state index in [0.717, 1.165) is 23.9 Å². The van der Waals surface area contributed by atoms with Gasteiger partial charge in [-0.3, -0.25) is 15.1 Å². The number of nitrogens with one attached hydrogen (secondary N) is 1. The number of nitrogens with zero attached hydrogens (tertiary/aromatic N) is 1. The van der Waals surface area contributed by atoms with Crippen molar-refractivity contribution in [1.29, 1.82) is 5.41 Å². The topological polar surface area (TPSA) is 75.8 Å². The molecule has 0 atom stereocenters. The molecular formula is C22H13F3N2O4S. The quantitative estimate of drug-likeness (QED) is 0.506. The van der Waals surface area contributed by atoms with Gasteiger partial charge in [0, 0.05) is 17.7 Å². The Bertz CT molecular complexity index is 1280. The van der Waals surface area contributed by atoms with E-state index in [1.165, 1.54) is 29.2 Å². The van der Waals surface area contributed by atoms with Gasteiger partial charge in [0.15, 0.2) is 16.7 Å². The smallest absolute Gasteiger partial charge is 0.416 e. The first-order chi connectivity index (χ1) is 15.3. The molecule has 3 heterocycles. The molecule has 10 heteroatoms. The zero-order valence-electron chi connectivity index (χ0n) is 16.1. The van der Waals surface area contributed by atoms with Crippen LogP contribution in [0.3, 0.4) is 0 Å². The number of alkyl halides is 3. The van der Waals surface area contributed by atoms with Gasteiger partial charge in [-0.2, -0.15) is 13.2 Å². The maximum absolute atomic E-state index is 13.0. The van der Waals surface area contributed by atoms with E-state index in [-0.39, 0.29) is 33.9 Å². The summed E-state index contributed by atoms with van der Waals surface area (Å²) in [6.07, 6.45) is -3.00. The monoisotopic (exact) mass is 458 g/mol. The molecule has 162 valence electrons. The number of ether oxygens (including phenoxy) is 2. The summed E-state index contributed by atoms with van der Waals surface area (Å²) in [6.45, 7) is 0.0940. The first-order valence-electron chi connectivity index (χ1n) is 9.29. The van der Waals surface area contributed by atoms with E-state index in [1.807, 2.05) is 0 Å². The number of furan rings is 1. The Morgan fingerprint density at radius 3 is 2.66 bits per heavy atom. The third kappa shape index (κ3) is 3.62. The number of benzene rings is 2. The predicted octanol–water partition coefficient (Wildman–Crippen LogP) is 5.75. The van der Waals surface area contributed by atoms with E-state index in [9.17, 15) is 18.0 Å². The fourth-order valence-corrected chi connectivity index (χ4v) is 4.15. The molecule has 32 heavy (non-hydrogen) atoms. The molecule has 0 aliphatic carbocycles. The predicted molar refractivity (Wildman–Crippen MR) is 112 cm³/mol. The molecule has 3 aromatic rings. The minimum absolute atomic E-state index is 0.00442. The number of carbonyl (C=O) groups is 1. The zero-order valence-corrected chi connectivity index (χ0v) is 16.9. The van der Waals surface area contributed by atoms with Crippen LogP contribution in [0.5, 0.6) is 11.5 Å². The van der Waals surface area contributed by atoms with Crippen molar-refractivity contribution in [3.63, 3.8) is 0 Å². The minimum atomic E-state index is -4.46. The third-order valence-corrected chi connectivity index (χ3v) is 5.70. The minimum Gasteiger partial charge on any atom is -0.457 e. The van der Waals surface area contributed by atoms with E-state index >= 15 is 0 Å². The second kappa shape index (κ2) is 7.49. The van der Waals surface area contributed by atoms with Crippen LogP contribution in [0.2, 0.25) is 0 Å². The van der Waals surface area contributed by atoms with Crippen LogP contribution in [-0.2, 0) is 11.0 Å². The SMILES string of the molecule is N=C1SC(=Cc2ccc(-c3cccc(C(F)(F)F)c3)o2)C(=O)N1c1ccc2c(c1)OCO2. The molecule has 1 fully saturated rings. The summed E-state index contributed by atoms with van der Waals surface area (Å²) in [5.74, 6) is 1.15. The van der Waals surface area contributed by atoms with Crippen LogP contribution in [-0.4, -0.2) is 17.9 Å². The third-order valence-electron chi connectivity index (χ3n) is 4.81. The average Bonchev–Trinajstić information content (AvgIpc) is 3.47. The molecule has 1 saturated heterocycles. The molecule has 0 bridgehead atoms. The highest BCUT2D eigenvalue weighted by Gasteiger charge is 2.35. The van der Waals surface area contributed by atoms with E-state index in [1.54, 1.807) is 24.3 Å². The van der Waals surface area contributed by atoms with E-state index in [0.29, 0.717) is 17.2 Å². The van der Waals surface area contributed by atoms with Crippen molar-refractivity contribution in [3.8, 4) is 22.8 Å². The standard InChI is InChI=1S/C22H13F3N2O4S/c23-22(24,25)13-3-1-2-12(8-13)16-7-5-15(31-16)10-19-20(28)27(21(26)32-19)14-4-6-17-18(9-14)30-11-29-17/h1-10,26H,11H2. The lowest BCUT2D eigenvalue weighted by Crippen LogP contribution is -2.28. The van der Waals surface area contributed by atoms with Crippen LogP contribution in [0.1, 0.15) is 11.3 Å². The van der Waals surface area contributed by atoms with Crippen LogP contribution in [0.15, 0.2) is 63.9 Å². The van der Waals surface area contributed by atoms with Crippen molar-refractivity contribution >= 4 is 34.6 Å². The molecule has 0 unspecified atom stereocenters. The van der Waals surface area contributed by atoms with Gasteiger partial charge < -0.3 is 13.9 Å². The molecule has 2 aromatic carbocycles. The lowest BCUT2D eigenvalue weighted by molar-refractivity contribution is -0.137. The fourth-order valence-electron chi connectivity index (χ4n) is 3.31. The van der Waals surface area contributed by atoms with Crippen molar-refractivity contribution in [3.05, 3.63) is 70.8 Å². The van der Waals surface area contributed by atoms with Gasteiger partial charge in [-0.05, 0) is 48.2 Å². The van der Waals surface area contributed by atoms with Gasteiger partial charge in [0.2, 0.25) is 6.79 Å². The summed E-state index contributed by atoms with van der Waals surface area (Å²) >= 11 is 0.956. The summed E-state index contributed by atoms with van der Waals surface area (Å²) in [4.78, 5) is 14.4. The molecule has 0 radical (unpaired) electrons. The molecule has 2 aliphatic rings. The Morgan fingerprint density at radius 1 is 1.03 bits per heavy atom. The summed E-state index contributed by atoms with van der Waals surface area (Å²) in [5, 5.41) is 8.21. The molecule has 1 aromatic heterocycles. The Morgan fingerprint density at radius 2 is 1.84 bits per heavy atom. The van der Waals surface area contributed by atoms with Gasteiger partial charge in [0.1, 0.15) is 11.5 Å². The molecule has 0 spiro atoms. The van der Waals surface area contributed by atoms with Gasteiger partial charge in [0.25, 0.3) is 5.91 Å². The second-order valence-corrected chi connectivity index (χ2v) is 7.91. The van der Waals surface area contributed by atoms with Gasteiger partial charge >= 0.3 is 6.18 Å². The van der Waals surface area contributed by atoms with Gasteiger partial charge in [-0.1, -0.05) is 12.1 Å². The second-order valence-electron chi connectivity index (χ2n) is 6.87. The summed E-state index contributed by atoms with van der Waals surface area (Å²) in [5.41, 5.74) is -0.0468. The van der Waals surface area contributed by atoms with Crippen LogP contribution in [0.25, 0.3) is 17.4 Å². The Hall–Kier alpha value is -3.66. The number of amides is 1. The number of hydrogen-bond donors (Lipinski definition) is 1. The fraction of sp³-hybridized carbons (Fsp3) is 0.0909. The molecule has 0 saturated carbocycles. The highest BCUT2D eigenvalue weighted by Crippen LogP contribution is 2.40. The Labute approximate surface area is 183 Å². The van der Waals surface area contributed by atoms with Crippen molar-refractivity contribution < 1.29 is 31.9 Å². The number of rotatable bonds is 3. The average molecular weight is 458 g/mol. The lowest BCUT2D eigenvalue weighted by atomic mass is 10.1. The highest BCUT2D eigenvalue weighted by molar-refractivity contribution is 8.19. The van der Waals surface area contributed by atoms with Crippen LogP contribution >= 0.6 is 11.8 Å². The number of carbonyl (C=O) groups excluding carboxylic acids is 1. The Kier molecular flexibility index (Phi) is 4.74. The molecule has 1 N–H and O–H groups in total. The number of thioether (sulfide) groups is 1. The Balaban J connectivity index is 1.40. The number of hydrogen-bond acceptors (Lipinski definition) is 6.